The van der Waals surface area contributed by atoms with Crippen LogP contribution in [0.15, 0.2) is 0 Å². The molecule has 0 saturated heterocycles. The van der Waals surface area contributed by atoms with Crippen molar-refractivity contribution in [3.8, 4) is 0 Å². The van der Waals surface area contributed by atoms with Gasteiger partial charge in [0.15, 0.2) is 0 Å². The molecule has 0 heterocycles. The summed E-state index contributed by atoms with van der Waals surface area (Å²) < 4.78 is 5.43. The van der Waals surface area contributed by atoms with Crippen LogP contribution in [0.5, 0.6) is 0 Å². The Labute approximate surface area is 112 Å². The summed E-state index contributed by atoms with van der Waals surface area (Å²) in [5, 5.41) is 2.90. The van der Waals surface area contributed by atoms with Crippen LogP contribution < -0.4 is 11.1 Å². The largest absolute Gasteiger partial charge is 0.379 e. The summed E-state index contributed by atoms with van der Waals surface area (Å²) in [5.74, 6) is 0.0437. The number of carbonyl (C=O) groups excluding carboxylic acids is 1. The fraction of sp³-hybridized carbons (Fsp3) is 0.929. The van der Waals surface area contributed by atoms with E-state index in [-0.39, 0.29) is 23.5 Å². The van der Waals surface area contributed by atoms with E-state index in [1.165, 1.54) is 0 Å². The van der Waals surface area contributed by atoms with E-state index in [4.69, 9.17) is 10.5 Å². The number of amides is 1. The Kier molecular flexibility index (Phi) is 8.20. The Bertz CT molecular complexity index is 234. The molecule has 0 fully saturated rings. The second kappa shape index (κ2) is 8.48. The van der Waals surface area contributed by atoms with E-state index >= 15 is 0 Å². The highest BCUT2D eigenvalue weighted by molar-refractivity contribution is 5.76. The van der Waals surface area contributed by atoms with Gasteiger partial charge >= 0.3 is 0 Å². The first kappa shape index (κ1) is 17.4. The molecule has 18 heavy (non-hydrogen) atoms. The molecule has 0 saturated carbocycles. The lowest BCUT2D eigenvalue weighted by Crippen LogP contribution is -2.40. The van der Waals surface area contributed by atoms with Gasteiger partial charge in [-0.15, -0.1) is 0 Å². The van der Waals surface area contributed by atoms with Crippen molar-refractivity contribution in [1.29, 1.82) is 0 Å². The minimum Gasteiger partial charge on any atom is -0.379 e. The Morgan fingerprint density at radius 2 is 1.89 bits per heavy atom. The smallest absolute Gasteiger partial charge is 0.221 e. The zero-order valence-electron chi connectivity index (χ0n) is 12.6. The second-order valence-electron chi connectivity index (χ2n) is 6.15. The monoisotopic (exact) mass is 258 g/mol. The molecule has 0 aliphatic heterocycles. The quantitative estimate of drug-likeness (QED) is 0.655. The highest BCUT2D eigenvalue weighted by Gasteiger charge is 2.22. The number of ether oxygens (including phenoxy) is 1. The van der Waals surface area contributed by atoms with Crippen molar-refractivity contribution in [1.82, 2.24) is 5.32 Å². The Hall–Kier alpha value is -0.610. The van der Waals surface area contributed by atoms with Crippen LogP contribution in [0.1, 0.15) is 53.9 Å². The lowest BCUT2D eigenvalue weighted by molar-refractivity contribution is -0.121. The summed E-state index contributed by atoms with van der Waals surface area (Å²) >= 11 is 0. The summed E-state index contributed by atoms with van der Waals surface area (Å²) in [6.07, 6.45) is 2.60. The Morgan fingerprint density at radius 3 is 2.39 bits per heavy atom. The van der Waals surface area contributed by atoms with E-state index in [0.717, 1.165) is 19.4 Å². The molecule has 4 heteroatoms. The van der Waals surface area contributed by atoms with Crippen molar-refractivity contribution in [3.05, 3.63) is 0 Å². The summed E-state index contributed by atoms with van der Waals surface area (Å²) in [6.45, 7) is 11.7. The third-order valence-electron chi connectivity index (χ3n) is 2.86. The maximum absolute atomic E-state index is 11.6. The van der Waals surface area contributed by atoms with Gasteiger partial charge in [-0.05, 0) is 32.1 Å². The van der Waals surface area contributed by atoms with E-state index in [1.807, 2.05) is 34.6 Å². The van der Waals surface area contributed by atoms with E-state index in [1.54, 1.807) is 0 Å². The minimum absolute atomic E-state index is 0.0254. The molecular formula is C14H30N2O2. The predicted molar refractivity (Wildman–Crippen MR) is 75.4 cm³/mol. The number of unbranched alkanes of at least 4 members (excludes halogenated alkanes) is 1. The second-order valence-corrected chi connectivity index (χ2v) is 6.15. The van der Waals surface area contributed by atoms with E-state index in [2.05, 4.69) is 5.32 Å². The molecule has 1 unspecified atom stereocenters. The van der Waals surface area contributed by atoms with Crippen LogP contribution in [-0.4, -0.2) is 31.2 Å². The number of nitrogens with two attached hydrogens (primary N) is 1. The van der Waals surface area contributed by atoms with Gasteiger partial charge in [0.2, 0.25) is 5.91 Å². The SMILES string of the molecule is CC(C)OCCCCNC(=O)CC(N)C(C)(C)C. The molecule has 0 aromatic rings. The first-order chi connectivity index (χ1) is 8.23. The van der Waals surface area contributed by atoms with Crippen LogP contribution in [0.3, 0.4) is 0 Å². The number of nitrogens with one attached hydrogen (secondary N) is 1. The van der Waals surface area contributed by atoms with Crippen LogP contribution >= 0.6 is 0 Å². The van der Waals surface area contributed by atoms with E-state index < -0.39 is 0 Å². The van der Waals surface area contributed by atoms with Crippen molar-refractivity contribution in [2.24, 2.45) is 11.1 Å². The molecule has 0 aromatic carbocycles. The number of hydrogen-bond donors (Lipinski definition) is 2. The zero-order chi connectivity index (χ0) is 14.2. The molecule has 1 amide bonds. The summed E-state index contributed by atoms with van der Waals surface area (Å²) in [7, 11) is 0. The molecule has 0 spiro atoms. The van der Waals surface area contributed by atoms with Gasteiger partial charge in [0.05, 0.1) is 6.10 Å². The molecule has 108 valence electrons. The van der Waals surface area contributed by atoms with Gasteiger partial charge in [-0.1, -0.05) is 20.8 Å². The Morgan fingerprint density at radius 1 is 1.28 bits per heavy atom. The lowest BCUT2D eigenvalue weighted by atomic mass is 9.85. The van der Waals surface area contributed by atoms with Gasteiger partial charge < -0.3 is 15.8 Å². The first-order valence-corrected chi connectivity index (χ1v) is 6.87. The molecule has 3 N–H and O–H groups in total. The zero-order valence-corrected chi connectivity index (χ0v) is 12.6. The van der Waals surface area contributed by atoms with Crippen molar-refractivity contribution in [2.45, 2.75) is 66.0 Å². The molecule has 1 atom stereocenters. The predicted octanol–water partition coefficient (Wildman–Crippen LogP) is 2.07. The maximum atomic E-state index is 11.6. The molecule has 0 rings (SSSR count). The topological polar surface area (TPSA) is 64.3 Å². The molecule has 0 bridgehead atoms. The molecule has 0 aliphatic rings. The van der Waals surface area contributed by atoms with Gasteiger partial charge in [-0.25, -0.2) is 0 Å². The van der Waals surface area contributed by atoms with Crippen LogP contribution in [0, 0.1) is 5.41 Å². The third kappa shape index (κ3) is 9.42. The summed E-state index contributed by atoms with van der Waals surface area (Å²) in [5.41, 5.74) is 5.93. The third-order valence-corrected chi connectivity index (χ3v) is 2.86. The molecule has 4 nitrogen and oxygen atoms in total. The minimum atomic E-state index is -0.0956. The van der Waals surface area contributed by atoms with Crippen molar-refractivity contribution in [3.63, 3.8) is 0 Å². The standard InChI is InChI=1S/C14H30N2O2/c1-11(2)18-9-7-6-8-16-13(17)10-12(15)14(3,4)5/h11-12H,6-10,15H2,1-5H3,(H,16,17). The number of rotatable bonds is 8. The average molecular weight is 258 g/mol. The van der Waals surface area contributed by atoms with Crippen LogP contribution in [0.25, 0.3) is 0 Å². The van der Waals surface area contributed by atoms with Gasteiger partial charge in [0.1, 0.15) is 0 Å². The van der Waals surface area contributed by atoms with Gasteiger partial charge in [0, 0.05) is 25.6 Å². The highest BCUT2D eigenvalue weighted by atomic mass is 16.5. The van der Waals surface area contributed by atoms with Crippen LogP contribution in [0.4, 0.5) is 0 Å². The molecule has 0 aromatic heterocycles. The fourth-order valence-corrected chi connectivity index (χ4v) is 1.35. The van der Waals surface area contributed by atoms with Crippen molar-refractivity contribution in [2.75, 3.05) is 13.2 Å². The normalized spacial score (nSPS) is 13.7. The van der Waals surface area contributed by atoms with E-state index in [0.29, 0.717) is 13.0 Å². The molecular weight excluding hydrogens is 228 g/mol. The molecule has 0 aliphatic carbocycles. The molecule has 0 radical (unpaired) electrons. The van der Waals surface area contributed by atoms with Gasteiger partial charge in [-0.2, -0.15) is 0 Å². The summed E-state index contributed by atoms with van der Waals surface area (Å²) in [6, 6.07) is -0.0956. The van der Waals surface area contributed by atoms with Gasteiger partial charge in [-0.3, -0.25) is 4.79 Å². The first-order valence-electron chi connectivity index (χ1n) is 6.87. The summed E-state index contributed by atoms with van der Waals surface area (Å²) in [4.78, 5) is 11.6. The van der Waals surface area contributed by atoms with Crippen molar-refractivity contribution < 1.29 is 9.53 Å². The van der Waals surface area contributed by atoms with Crippen LogP contribution in [0.2, 0.25) is 0 Å². The Balaban J connectivity index is 3.54. The maximum Gasteiger partial charge on any atom is 0.221 e. The van der Waals surface area contributed by atoms with E-state index in [9.17, 15) is 4.79 Å². The average Bonchev–Trinajstić information content (AvgIpc) is 2.21. The van der Waals surface area contributed by atoms with Crippen molar-refractivity contribution >= 4 is 5.91 Å². The highest BCUT2D eigenvalue weighted by Crippen LogP contribution is 2.19. The van der Waals surface area contributed by atoms with Gasteiger partial charge in [0.25, 0.3) is 0 Å². The number of hydrogen-bond acceptors (Lipinski definition) is 3. The fourth-order valence-electron chi connectivity index (χ4n) is 1.35. The number of carbonyl (C=O) groups is 1. The lowest BCUT2D eigenvalue weighted by Gasteiger charge is -2.26. The van der Waals surface area contributed by atoms with Crippen LogP contribution in [-0.2, 0) is 9.53 Å².